The highest BCUT2D eigenvalue weighted by Gasteiger charge is 2.03. The minimum atomic E-state index is -0.274. The van der Waals surface area contributed by atoms with E-state index in [4.69, 9.17) is 4.74 Å². The molecular formula is C14H19FO2. The van der Waals surface area contributed by atoms with E-state index in [0.29, 0.717) is 19.4 Å². The number of carbonyl (C=O) groups is 1. The quantitative estimate of drug-likeness (QED) is 0.650. The maximum absolute atomic E-state index is 12.6. The van der Waals surface area contributed by atoms with Gasteiger partial charge in [-0.15, -0.1) is 0 Å². The SMILES string of the molecule is CCCCOCCC(=O)Cc1ccc(F)cc1. The van der Waals surface area contributed by atoms with E-state index in [9.17, 15) is 9.18 Å². The van der Waals surface area contributed by atoms with Gasteiger partial charge in [0.2, 0.25) is 0 Å². The lowest BCUT2D eigenvalue weighted by atomic mass is 10.1. The summed E-state index contributed by atoms with van der Waals surface area (Å²) in [4.78, 5) is 11.6. The van der Waals surface area contributed by atoms with Gasteiger partial charge in [-0.05, 0) is 24.1 Å². The summed E-state index contributed by atoms with van der Waals surface area (Å²) in [6.07, 6.45) is 2.92. The minimum Gasteiger partial charge on any atom is -0.381 e. The zero-order chi connectivity index (χ0) is 12.5. The molecular weight excluding hydrogens is 219 g/mol. The molecule has 0 saturated heterocycles. The molecule has 1 rings (SSSR count). The van der Waals surface area contributed by atoms with E-state index >= 15 is 0 Å². The molecule has 0 fully saturated rings. The number of benzene rings is 1. The lowest BCUT2D eigenvalue weighted by Gasteiger charge is -2.03. The van der Waals surface area contributed by atoms with Crippen LogP contribution in [0.15, 0.2) is 24.3 Å². The van der Waals surface area contributed by atoms with Gasteiger partial charge in [-0.2, -0.15) is 0 Å². The van der Waals surface area contributed by atoms with Crippen LogP contribution in [0.4, 0.5) is 4.39 Å². The van der Waals surface area contributed by atoms with Gasteiger partial charge in [0.25, 0.3) is 0 Å². The Hall–Kier alpha value is -1.22. The molecule has 0 aliphatic rings. The number of ether oxygens (including phenoxy) is 1. The Morgan fingerprint density at radius 2 is 1.94 bits per heavy atom. The molecule has 2 nitrogen and oxygen atoms in total. The van der Waals surface area contributed by atoms with Crippen LogP contribution >= 0.6 is 0 Å². The smallest absolute Gasteiger partial charge is 0.139 e. The second-order valence-corrected chi connectivity index (χ2v) is 4.06. The van der Waals surface area contributed by atoms with E-state index in [1.165, 1.54) is 12.1 Å². The van der Waals surface area contributed by atoms with Crippen LogP contribution in [0.25, 0.3) is 0 Å². The predicted molar refractivity (Wildman–Crippen MR) is 65.5 cm³/mol. The van der Waals surface area contributed by atoms with Crippen LogP contribution in [-0.2, 0) is 16.0 Å². The van der Waals surface area contributed by atoms with Crippen LogP contribution in [0.5, 0.6) is 0 Å². The van der Waals surface area contributed by atoms with E-state index in [0.717, 1.165) is 25.0 Å². The second-order valence-electron chi connectivity index (χ2n) is 4.06. The summed E-state index contributed by atoms with van der Waals surface area (Å²) in [7, 11) is 0. The maximum atomic E-state index is 12.6. The van der Waals surface area contributed by atoms with Crippen molar-refractivity contribution in [2.45, 2.75) is 32.6 Å². The van der Waals surface area contributed by atoms with Crippen molar-refractivity contribution in [2.75, 3.05) is 13.2 Å². The van der Waals surface area contributed by atoms with Gasteiger partial charge < -0.3 is 4.74 Å². The van der Waals surface area contributed by atoms with Gasteiger partial charge in [0, 0.05) is 19.4 Å². The summed E-state index contributed by atoms with van der Waals surface area (Å²) in [6.45, 7) is 3.31. The first-order valence-electron chi connectivity index (χ1n) is 6.06. The lowest BCUT2D eigenvalue weighted by molar-refractivity contribution is -0.119. The predicted octanol–water partition coefficient (Wildman–Crippen LogP) is 3.14. The van der Waals surface area contributed by atoms with Crippen molar-refractivity contribution in [3.63, 3.8) is 0 Å². The molecule has 0 aromatic heterocycles. The molecule has 0 radical (unpaired) electrons. The highest BCUT2D eigenvalue weighted by molar-refractivity contribution is 5.80. The first-order chi connectivity index (χ1) is 8.22. The largest absolute Gasteiger partial charge is 0.381 e. The molecule has 3 heteroatoms. The number of rotatable bonds is 8. The molecule has 0 spiro atoms. The highest BCUT2D eigenvalue weighted by atomic mass is 19.1. The summed E-state index contributed by atoms with van der Waals surface area (Å²) in [5, 5.41) is 0. The van der Waals surface area contributed by atoms with Crippen molar-refractivity contribution in [1.82, 2.24) is 0 Å². The molecule has 0 saturated carbocycles. The fourth-order valence-electron chi connectivity index (χ4n) is 1.45. The lowest BCUT2D eigenvalue weighted by Crippen LogP contribution is -2.07. The molecule has 0 heterocycles. The molecule has 0 atom stereocenters. The fourth-order valence-corrected chi connectivity index (χ4v) is 1.45. The third kappa shape index (κ3) is 6.17. The molecule has 0 amide bonds. The van der Waals surface area contributed by atoms with E-state index in [2.05, 4.69) is 6.92 Å². The van der Waals surface area contributed by atoms with Crippen molar-refractivity contribution in [2.24, 2.45) is 0 Å². The maximum Gasteiger partial charge on any atom is 0.139 e. The number of unbranched alkanes of at least 4 members (excludes halogenated alkanes) is 1. The Kier molecular flexibility index (Phi) is 6.48. The Balaban J connectivity index is 2.18. The highest BCUT2D eigenvalue weighted by Crippen LogP contribution is 2.05. The molecule has 94 valence electrons. The fraction of sp³-hybridized carbons (Fsp3) is 0.500. The molecule has 0 N–H and O–H groups in total. The van der Waals surface area contributed by atoms with Crippen LogP contribution in [0.2, 0.25) is 0 Å². The van der Waals surface area contributed by atoms with E-state index in [1.54, 1.807) is 12.1 Å². The normalized spacial score (nSPS) is 10.5. The summed E-state index contributed by atoms with van der Waals surface area (Å²) >= 11 is 0. The number of hydrogen-bond donors (Lipinski definition) is 0. The standard InChI is InChI=1S/C14H19FO2/c1-2-3-9-17-10-8-14(16)11-12-4-6-13(15)7-5-12/h4-7H,2-3,8-11H2,1H3. The van der Waals surface area contributed by atoms with Gasteiger partial charge in [-0.25, -0.2) is 4.39 Å². The zero-order valence-electron chi connectivity index (χ0n) is 10.2. The monoisotopic (exact) mass is 238 g/mol. The van der Waals surface area contributed by atoms with E-state index < -0.39 is 0 Å². The molecule has 0 aliphatic carbocycles. The van der Waals surface area contributed by atoms with E-state index in [1.807, 2.05) is 0 Å². The van der Waals surface area contributed by atoms with Gasteiger partial charge in [0.05, 0.1) is 6.61 Å². The van der Waals surface area contributed by atoms with Crippen molar-refractivity contribution >= 4 is 5.78 Å². The number of hydrogen-bond acceptors (Lipinski definition) is 2. The summed E-state index contributed by atoms with van der Waals surface area (Å²) in [5.41, 5.74) is 0.852. The molecule has 1 aromatic rings. The zero-order valence-corrected chi connectivity index (χ0v) is 10.2. The minimum absolute atomic E-state index is 0.133. The summed E-state index contributed by atoms with van der Waals surface area (Å²) in [5.74, 6) is -0.141. The average molecular weight is 238 g/mol. The van der Waals surface area contributed by atoms with Crippen LogP contribution in [0, 0.1) is 5.82 Å². The third-order valence-corrected chi connectivity index (χ3v) is 2.48. The number of Topliss-reactive ketones (excluding diaryl/α,β-unsaturated/α-hetero) is 1. The van der Waals surface area contributed by atoms with Crippen molar-refractivity contribution in [3.8, 4) is 0 Å². The van der Waals surface area contributed by atoms with Crippen molar-refractivity contribution in [1.29, 1.82) is 0 Å². The number of halogens is 1. The first-order valence-corrected chi connectivity index (χ1v) is 6.06. The topological polar surface area (TPSA) is 26.3 Å². The molecule has 1 aromatic carbocycles. The number of carbonyl (C=O) groups excluding carboxylic acids is 1. The molecule has 0 unspecified atom stereocenters. The second kappa shape index (κ2) is 7.96. The van der Waals surface area contributed by atoms with Crippen molar-refractivity contribution < 1.29 is 13.9 Å². The van der Waals surface area contributed by atoms with Gasteiger partial charge in [-0.3, -0.25) is 4.79 Å². The van der Waals surface area contributed by atoms with Crippen LogP contribution in [0.3, 0.4) is 0 Å². The third-order valence-electron chi connectivity index (χ3n) is 2.48. The molecule has 0 aliphatic heterocycles. The first kappa shape index (κ1) is 13.8. The Bertz CT molecular complexity index is 333. The van der Waals surface area contributed by atoms with Gasteiger partial charge in [0.15, 0.2) is 0 Å². The Morgan fingerprint density at radius 1 is 1.24 bits per heavy atom. The van der Waals surface area contributed by atoms with Crippen molar-refractivity contribution in [3.05, 3.63) is 35.6 Å². The Morgan fingerprint density at radius 3 is 2.59 bits per heavy atom. The summed E-state index contributed by atoms with van der Waals surface area (Å²) < 4.78 is 18.0. The molecule has 0 bridgehead atoms. The number of ketones is 1. The Labute approximate surface area is 102 Å². The summed E-state index contributed by atoms with van der Waals surface area (Å²) in [6, 6.07) is 6.04. The van der Waals surface area contributed by atoms with Crippen LogP contribution in [0.1, 0.15) is 31.7 Å². The van der Waals surface area contributed by atoms with Crippen LogP contribution in [-0.4, -0.2) is 19.0 Å². The van der Waals surface area contributed by atoms with Gasteiger partial charge in [0.1, 0.15) is 11.6 Å². The average Bonchev–Trinajstić information content (AvgIpc) is 2.32. The van der Waals surface area contributed by atoms with E-state index in [-0.39, 0.29) is 11.6 Å². The van der Waals surface area contributed by atoms with Crippen LogP contribution < -0.4 is 0 Å². The van der Waals surface area contributed by atoms with Gasteiger partial charge in [-0.1, -0.05) is 25.5 Å². The van der Waals surface area contributed by atoms with Gasteiger partial charge >= 0.3 is 0 Å². The molecule has 17 heavy (non-hydrogen) atoms.